The molecular formula is C26H29N3O4. The second kappa shape index (κ2) is 9.92. The van der Waals surface area contributed by atoms with Crippen LogP contribution in [0, 0.1) is 17.8 Å². The first-order chi connectivity index (χ1) is 16.1. The highest BCUT2D eigenvalue weighted by atomic mass is 16.7. The van der Waals surface area contributed by atoms with Crippen LogP contribution < -0.4 is 0 Å². The Hall–Kier alpha value is -2.92. The zero-order valence-electron chi connectivity index (χ0n) is 18.8. The van der Waals surface area contributed by atoms with E-state index in [0.717, 1.165) is 61.4 Å². The molecule has 2 aromatic heterocycles. The topological polar surface area (TPSA) is 82.5 Å². The van der Waals surface area contributed by atoms with Crippen molar-refractivity contribution in [2.24, 2.45) is 5.92 Å². The molecule has 1 aliphatic carbocycles. The number of imidazole rings is 1. The summed E-state index contributed by atoms with van der Waals surface area (Å²) in [6, 6.07) is 9.91. The molecule has 7 nitrogen and oxygen atoms in total. The van der Waals surface area contributed by atoms with Gasteiger partial charge in [0.15, 0.2) is 12.1 Å². The highest BCUT2D eigenvalue weighted by Crippen LogP contribution is 2.27. The molecule has 2 aliphatic rings. The van der Waals surface area contributed by atoms with E-state index in [4.69, 9.17) is 14.0 Å². The monoisotopic (exact) mass is 447 g/mol. The summed E-state index contributed by atoms with van der Waals surface area (Å²) in [6.45, 7) is 3.31. The van der Waals surface area contributed by atoms with Crippen LogP contribution in [0.15, 0.2) is 47.2 Å². The molecule has 3 aromatic rings. The Morgan fingerprint density at radius 2 is 2.09 bits per heavy atom. The van der Waals surface area contributed by atoms with Crippen LogP contribution in [0.4, 0.5) is 0 Å². The van der Waals surface area contributed by atoms with Crippen LogP contribution in [0.3, 0.4) is 0 Å². The van der Waals surface area contributed by atoms with Crippen LogP contribution >= 0.6 is 0 Å². The van der Waals surface area contributed by atoms with Gasteiger partial charge in [-0.3, -0.25) is 0 Å². The van der Waals surface area contributed by atoms with Crippen molar-refractivity contribution in [3.63, 3.8) is 0 Å². The van der Waals surface area contributed by atoms with E-state index >= 15 is 0 Å². The van der Waals surface area contributed by atoms with Crippen molar-refractivity contribution in [3.05, 3.63) is 59.8 Å². The molecular weight excluding hydrogens is 418 g/mol. The van der Waals surface area contributed by atoms with Crippen LogP contribution in [0.2, 0.25) is 0 Å². The highest BCUT2D eigenvalue weighted by Gasteiger charge is 2.25. The van der Waals surface area contributed by atoms with Gasteiger partial charge in [0.1, 0.15) is 17.6 Å². The Labute approximate surface area is 193 Å². The second-order valence-corrected chi connectivity index (χ2v) is 8.84. The van der Waals surface area contributed by atoms with Crippen molar-refractivity contribution in [2.45, 2.75) is 64.1 Å². The number of ether oxygens (including phenoxy) is 2. The third kappa shape index (κ3) is 5.36. The number of benzene rings is 1. The van der Waals surface area contributed by atoms with Gasteiger partial charge < -0.3 is 23.7 Å². The molecule has 2 atom stereocenters. The van der Waals surface area contributed by atoms with Gasteiger partial charge in [0.25, 0.3) is 0 Å². The predicted molar refractivity (Wildman–Crippen MR) is 122 cm³/mol. The van der Waals surface area contributed by atoms with Gasteiger partial charge in [0.2, 0.25) is 0 Å². The molecule has 1 saturated heterocycles. The molecule has 0 amide bonds. The first-order valence-electron chi connectivity index (χ1n) is 11.7. The van der Waals surface area contributed by atoms with E-state index in [9.17, 15) is 5.11 Å². The molecule has 2 fully saturated rings. The average Bonchev–Trinajstić information content (AvgIpc) is 3.47. The third-order valence-electron chi connectivity index (χ3n) is 6.20. The molecule has 5 rings (SSSR count). The summed E-state index contributed by atoms with van der Waals surface area (Å²) in [7, 11) is 0. The lowest BCUT2D eigenvalue weighted by Gasteiger charge is -2.26. The smallest absolute Gasteiger partial charge is 0.167 e. The van der Waals surface area contributed by atoms with Gasteiger partial charge in [0, 0.05) is 42.1 Å². The lowest BCUT2D eigenvalue weighted by Crippen LogP contribution is -2.26. The lowest BCUT2D eigenvalue weighted by molar-refractivity contribution is -0.188. The van der Waals surface area contributed by atoms with E-state index in [1.165, 1.54) is 0 Å². The van der Waals surface area contributed by atoms with Crippen LogP contribution in [-0.2, 0) is 16.0 Å². The molecule has 3 heterocycles. The third-order valence-corrected chi connectivity index (χ3v) is 6.20. The van der Waals surface area contributed by atoms with Gasteiger partial charge >= 0.3 is 0 Å². The van der Waals surface area contributed by atoms with Gasteiger partial charge in [-0.05, 0) is 63.3 Å². The van der Waals surface area contributed by atoms with Gasteiger partial charge in [-0.25, -0.2) is 4.98 Å². The number of nitrogens with zero attached hydrogens (tertiary/aromatic N) is 3. The molecule has 0 spiro atoms. The lowest BCUT2D eigenvalue weighted by atomic mass is 9.83. The van der Waals surface area contributed by atoms with Gasteiger partial charge in [-0.2, -0.15) is 0 Å². The number of hydrogen-bond donors (Lipinski definition) is 1. The first-order valence-corrected chi connectivity index (χ1v) is 11.7. The summed E-state index contributed by atoms with van der Waals surface area (Å²) in [5.74, 6) is 8.28. The van der Waals surface area contributed by atoms with Crippen molar-refractivity contribution >= 4 is 0 Å². The normalized spacial score (nSPS) is 23.4. The molecule has 1 saturated carbocycles. The Balaban J connectivity index is 1.21. The van der Waals surface area contributed by atoms with Crippen molar-refractivity contribution in [2.75, 3.05) is 6.61 Å². The van der Waals surface area contributed by atoms with Gasteiger partial charge in [0.05, 0.1) is 12.6 Å². The molecule has 0 radical (unpaired) electrons. The number of aliphatic hydroxyl groups excluding tert-OH is 1. The molecule has 33 heavy (non-hydrogen) atoms. The second-order valence-electron chi connectivity index (χ2n) is 8.84. The van der Waals surface area contributed by atoms with E-state index in [1.807, 2.05) is 48.0 Å². The van der Waals surface area contributed by atoms with E-state index in [2.05, 4.69) is 22.0 Å². The number of rotatable bonds is 6. The molecule has 1 aliphatic heterocycles. The SMILES string of the molecule is CC(OC1CCCCO1)c1nccn1Cc1cc(-c2ccc(C#C[C@H]3C[C@@H](O)C3)cc2)on1. The number of hydrogen-bond acceptors (Lipinski definition) is 6. The molecule has 7 heteroatoms. The summed E-state index contributed by atoms with van der Waals surface area (Å²) in [5, 5.41) is 13.6. The molecule has 1 N–H and O–H groups in total. The number of aromatic nitrogens is 3. The summed E-state index contributed by atoms with van der Waals surface area (Å²) in [6.07, 6.45) is 7.91. The summed E-state index contributed by atoms with van der Waals surface area (Å²) >= 11 is 0. The number of aliphatic hydroxyl groups is 1. The zero-order valence-corrected chi connectivity index (χ0v) is 18.8. The summed E-state index contributed by atoms with van der Waals surface area (Å²) < 4.78 is 19.4. The Morgan fingerprint density at radius 3 is 2.85 bits per heavy atom. The van der Waals surface area contributed by atoms with E-state index in [0.29, 0.717) is 18.2 Å². The Kier molecular flexibility index (Phi) is 6.58. The molecule has 172 valence electrons. The van der Waals surface area contributed by atoms with Crippen molar-refractivity contribution in [3.8, 4) is 23.2 Å². The van der Waals surface area contributed by atoms with Crippen LogP contribution in [-0.4, -0.2) is 38.8 Å². The Bertz CT molecular complexity index is 1110. The van der Waals surface area contributed by atoms with E-state index < -0.39 is 0 Å². The quantitative estimate of drug-likeness (QED) is 0.567. The van der Waals surface area contributed by atoms with Crippen molar-refractivity contribution in [1.29, 1.82) is 0 Å². The maximum absolute atomic E-state index is 9.37. The van der Waals surface area contributed by atoms with Crippen LogP contribution in [0.5, 0.6) is 0 Å². The zero-order chi connectivity index (χ0) is 22.6. The molecule has 1 aromatic carbocycles. The first kappa shape index (κ1) is 21.9. The predicted octanol–water partition coefficient (Wildman–Crippen LogP) is 4.31. The molecule has 0 bridgehead atoms. The van der Waals surface area contributed by atoms with Crippen LogP contribution in [0.1, 0.15) is 62.2 Å². The standard InChI is InChI=1S/C26H29N3O4/c1-18(32-25-4-2-3-13-31-25)26-27-11-12-29(26)17-22-16-24(33-28-22)21-9-7-19(8-10-21)5-6-20-14-23(30)15-20/h7-12,16,18,20,23,25,30H,2-4,13-15,17H2,1H3/t18?,20-,23+,25?. The highest BCUT2D eigenvalue weighted by molar-refractivity contribution is 5.59. The fourth-order valence-corrected chi connectivity index (χ4v) is 4.23. The largest absolute Gasteiger partial charge is 0.393 e. The minimum atomic E-state index is -0.175. The van der Waals surface area contributed by atoms with Crippen molar-refractivity contribution in [1.82, 2.24) is 14.7 Å². The Morgan fingerprint density at radius 1 is 1.24 bits per heavy atom. The van der Waals surface area contributed by atoms with Crippen molar-refractivity contribution < 1.29 is 19.1 Å². The summed E-state index contributed by atoms with van der Waals surface area (Å²) in [5.41, 5.74) is 2.73. The van der Waals surface area contributed by atoms with E-state index in [-0.39, 0.29) is 18.5 Å². The fraction of sp³-hybridized carbons (Fsp3) is 0.462. The fourth-order valence-electron chi connectivity index (χ4n) is 4.23. The van der Waals surface area contributed by atoms with E-state index in [1.54, 1.807) is 6.20 Å². The summed E-state index contributed by atoms with van der Waals surface area (Å²) in [4.78, 5) is 4.49. The average molecular weight is 448 g/mol. The molecule has 2 unspecified atom stereocenters. The minimum Gasteiger partial charge on any atom is -0.393 e. The maximum Gasteiger partial charge on any atom is 0.167 e. The van der Waals surface area contributed by atoms with Gasteiger partial charge in [-0.1, -0.05) is 17.0 Å². The maximum atomic E-state index is 9.37. The van der Waals surface area contributed by atoms with Crippen LogP contribution in [0.25, 0.3) is 11.3 Å². The van der Waals surface area contributed by atoms with Gasteiger partial charge in [-0.15, -0.1) is 0 Å². The minimum absolute atomic E-state index is 0.162.